The maximum atomic E-state index is 13.0. The van der Waals surface area contributed by atoms with E-state index >= 15 is 0 Å². The third-order valence-electron chi connectivity index (χ3n) is 3.36. The van der Waals surface area contributed by atoms with Crippen molar-refractivity contribution in [3.8, 4) is 0 Å². The number of nitrogens with one attached hydrogen (secondary N) is 1. The van der Waals surface area contributed by atoms with Crippen molar-refractivity contribution in [1.82, 2.24) is 0 Å². The Morgan fingerprint density at radius 3 is 2.52 bits per heavy atom. The fourth-order valence-electron chi connectivity index (χ4n) is 2.17. The lowest BCUT2D eigenvalue weighted by atomic mass is 9.92. The molecule has 2 rings (SSSR count). The van der Waals surface area contributed by atoms with Gasteiger partial charge in [-0.15, -0.1) is 0 Å². The fraction of sp³-hybridized carbons (Fsp3) is 0.235. The van der Waals surface area contributed by atoms with E-state index in [1.165, 1.54) is 18.2 Å². The van der Waals surface area contributed by atoms with Gasteiger partial charge in [-0.1, -0.05) is 30.3 Å². The van der Waals surface area contributed by atoms with Gasteiger partial charge in [0.25, 0.3) is 0 Å². The van der Waals surface area contributed by atoms with Crippen molar-refractivity contribution >= 4 is 11.6 Å². The Bertz CT molecular complexity index is 638. The molecule has 0 heterocycles. The summed E-state index contributed by atoms with van der Waals surface area (Å²) in [5, 5.41) is 13.1. The molecule has 110 valence electrons. The highest BCUT2D eigenvalue weighted by Gasteiger charge is 2.26. The van der Waals surface area contributed by atoms with Crippen molar-refractivity contribution in [2.45, 2.75) is 25.9 Å². The summed E-state index contributed by atoms with van der Waals surface area (Å²) in [6, 6.07) is 13.2. The molecule has 2 aromatic rings. The molecule has 0 fully saturated rings. The van der Waals surface area contributed by atoms with Gasteiger partial charge in [-0.3, -0.25) is 4.79 Å². The second kappa shape index (κ2) is 6.06. The van der Waals surface area contributed by atoms with Crippen LogP contribution in [-0.2, 0) is 10.4 Å². The second-order valence-electron chi connectivity index (χ2n) is 5.32. The van der Waals surface area contributed by atoms with Crippen LogP contribution in [0.1, 0.15) is 24.5 Å². The van der Waals surface area contributed by atoms with Gasteiger partial charge in [0.1, 0.15) is 5.82 Å². The summed E-state index contributed by atoms with van der Waals surface area (Å²) < 4.78 is 13.0. The highest BCUT2D eigenvalue weighted by molar-refractivity contribution is 5.92. The molecular weight excluding hydrogens is 269 g/mol. The van der Waals surface area contributed by atoms with Crippen molar-refractivity contribution in [1.29, 1.82) is 0 Å². The van der Waals surface area contributed by atoms with Gasteiger partial charge in [0.15, 0.2) is 0 Å². The summed E-state index contributed by atoms with van der Waals surface area (Å²) in [6.07, 6.45) is -0.0756. The van der Waals surface area contributed by atoms with Crippen molar-refractivity contribution < 1.29 is 14.3 Å². The number of rotatable bonds is 4. The minimum atomic E-state index is -1.25. The van der Waals surface area contributed by atoms with Gasteiger partial charge in [-0.05, 0) is 43.2 Å². The SMILES string of the molecule is Cc1cc(F)ccc1NC(=O)CC(C)(O)c1ccccc1. The zero-order valence-electron chi connectivity index (χ0n) is 12.1. The van der Waals surface area contributed by atoms with Gasteiger partial charge >= 0.3 is 0 Å². The Labute approximate surface area is 123 Å². The Morgan fingerprint density at radius 2 is 1.90 bits per heavy atom. The number of aliphatic hydroxyl groups is 1. The molecule has 0 saturated carbocycles. The molecule has 0 aromatic heterocycles. The highest BCUT2D eigenvalue weighted by Crippen LogP contribution is 2.25. The van der Waals surface area contributed by atoms with Gasteiger partial charge in [0, 0.05) is 5.69 Å². The fourth-order valence-corrected chi connectivity index (χ4v) is 2.17. The molecule has 21 heavy (non-hydrogen) atoms. The zero-order chi connectivity index (χ0) is 15.5. The molecule has 2 aromatic carbocycles. The number of hydrogen-bond acceptors (Lipinski definition) is 2. The Morgan fingerprint density at radius 1 is 1.24 bits per heavy atom. The molecule has 1 unspecified atom stereocenters. The Kier molecular flexibility index (Phi) is 4.38. The molecule has 0 aliphatic carbocycles. The lowest BCUT2D eigenvalue weighted by Gasteiger charge is -2.23. The van der Waals surface area contributed by atoms with Crippen LogP contribution in [0.15, 0.2) is 48.5 Å². The number of hydrogen-bond donors (Lipinski definition) is 2. The first-order valence-corrected chi connectivity index (χ1v) is 6.72. The summed E-state index contributed by atoms with van der Waals surface area (Å²) in [5.41, 5.74) is 0.614. The van der Waals surface area contributed by atoms with Crippen molar-refractivity contribution in [2.24, 2.45) is 0 Å². The monoisotopic (exact) mass is 287 g/mol. The molecule has 1 amide bonds. The molecule has 0 saturated heterocycles. The van der Waals surface area contributed by atoms with Crippen LogP contribution >= 0.6 is 0 Å². The van der Waals surface area contributed by atoms with Crippen LogP contribution in [0.25, 0.3) is 0 Å². The predicted molar refractivity (Wildman–Crippen MR) is 80.4 cm³/mol. The lowest BCUT2D eigenvalue weighted by Crippen LogP contribution is -2.28. The lowest BCUT2D eigenvalue weighted by molar-refractivity contribution is -0.120. The van der Waals surface area contributed by atoms with Crippen LogP contribution in [-0.4, -0.2) is 11.0 Å². The average molecular weight is 287 g/mol. The molecule has 0 radical (unpaired) electrons. The third kappa shape index (κ3) is 3.89. The topological polar surface area (TPSA) is 49.3 Å². The first kappa shape index (κ1) is 15.2. The molecule has 0 aliphatic rings. The van der Waals surface area contributed by atoms with Crippen LogP contribution in [0.4, 0.5) is 10.1 Å². The molecule has 4 heteroatoms. The van der Waals surface area contributed by atoms with E-state index in [4.69, 9.17) is 0 Å². The molecule has 0 aliphatic heterocycles. The van der Waals surface area contributed by atoms with E-state index in [1.54, 1.807) is 26.0 Å². The van der Waals surface area contributed by atoms with Gasteiger partial charge in [0.05, 0.1) is 12.0 Å². The van der Waals surface area contributed by atoms with Crippen LogP contribution in [0, 0.1) is 12.7 Å². The normalized spacial score (nSPS) is 13.5. The van der Waals surface area contributed by atoms with Crippen LogP contribution in [0.3, 0.4) is 0 Å². The standard InChI is InChI=1S/C17H18FNO2/c1-12-10-14(18)8-9-15(12)19-16(20)11-17(2,21)13-6-4-3-5-7-13/h3-10,21H,11H2,1-2H3,(H,19,20). The van der Waals surface area contributed by atoms with Crippen LogP contribution in [0.5, 0.6) is 0 Å². The summed E-state index contributed by atoms with van der Waals surface area (Å²) in [4.78, 5) is 12.1. The van der Waals surface area contributed by atoms with E-state index < -0.39 is 5.60 Å². The van der Waals surface area contributed by atoms with Crippen LogP contribution in [0.2, 0.25) is 0 Å². The third-order valence-corrected chi connectivity index (χ3v) is 3.36. The number of carbonyl (C=O) groups is 1. The molecular formula is C17H18FNO2. The van der Waals surface area contributed by atoms with E-state index in [0.29, 0.717) is 16.8 Å². The molecule has 3 nitrogen and oxygen atoms in total. The van der Waals surface area contributed by atoms with Crippen molar-refractivity contribution in [3.63, 3.8) is 0 Å². The molecule has 1 atom stereocenters. The summed E-state index contributed by atoms with van der Waals surface area (Å²) in [7, 11) is 0. The summed E-state index contributed by atoms with van der Waals surface area (Å²) in [5.74, 6) is -0.666. The highest BCUT2D eigenvalue weighted by atomic mass is 19.1. The second-order valence-corrected chi connectivity index (χ2v) is 5.32. The minimum absolute atomic E-state index is 0.0756. The number of amides is 1. The molecule has 0 spiro atoms. The first-order valence-electron chi connectivity index (χ1n) is 6.72. The Balaban J connectivity index is 2.08. The van der Waals surface area contributed by atoms with Gasteiger partial charge in [-0.2, -0.15) is 0 Å². The van der Waals surface area contributed by atoms with Gasteiger partial charge < -0.3 is 10.4 Å². The summed E-state index contributed by atoms with van der Waals surface area (Å²) >= 11 is 0. The number of anilines is 1. The van der Waals surface area contributed by atoms with Crippen molar-refractivity contribution in [2.75, 3.05) is 5.32 Å². The van der Waals surface area contributed by atoms with Crippen LogP contribution < -0.4 is 5.32 Å². The Hall–Kier alpha value is -2.20. The van der Waals surface area contributed by atoms with Gasteiger partial charge in [0.2, 0.25) is 5.91 Å². The summed E-state index contributed by atoms with van der Waals surface area (Å²) in [6.45, 7) is 3.31. The largest absolute Gasteiger partial charge is 0.385 e. The van der Waals surface area contributed by atoms with E-state index in [-0.39, 0.29) is 18.1 Å². The number of benzene rings is 2. The maximum absolute atomic E-state index is 13.0. The number of aryl methyl sites for hydroxylation is 1. The maximum Gasteiger partial charge on any atom is 0.227 e. The van der Waals surface area contributed by atoms with E-state index in [2.05, 4.69) is 5.32 Å². The van der Waals surface area contributed by atoms with Crippen molar-refractivity contribution in [3.05, 3.63) is 65.5 Å². The van der Waals surface area contributed by atoms with E-state index in [9.17, 15) is 14.3 Å². The average Bonchev–Trinajstić information content (AvgIpc) is 2.42. The smallest absolute Gasteiger partial charge is 0.227 e. The van der Waals surface area contributed by atoms with Gasteiger partial charge in [-0.25, -0.2) is 4.39 Å². The quantitative estimate of drug-likeness (QED) is 0.905. The minimum Gasteiger partial charge on any atom is -0.385 e. The first-order chi connectivity index (χ1) is 9.88. The van der Waals surface area contributed by atoms with E-state index in [0.717, 1.165) is 0 Å². The van der Waals surface area contributed by atoms with E-state index in [1.807, 2.05) is 18.2 Å². The zero-order valence-corrected chi connectivity index (χ0v) is 12.1. The number of carbonyl (C=O) groups excluding carboxylic acids is 1. The molecule has 0 bridgehead atoms. The molecule has 2 N–H and O–H groups in total. The number of halogens is 1. The predicted octanol–water partition coefficient (Wildman–Crippen LogP) is 3.37.